The Morgan fingerprint density at radius 1 is 1.17 bits per heavy atom. The number of hydrogen-bond acceptors (Lipinski definition) is 8. The van der Waals surface area contributed by atoms with Crippen LogP contribution in [0.5, 0.6) is 5.75 Å². The molecule has 0 fully saturated rings. The number of pyridine rings is 1. The summed E-state index contributed by atoms with van der Waals surface area (Å²) in [4.78, 5) is 43.2. The van der Waals surface area contributed by atoms with Crippen LogP contribution in [0.4, 0.5) is 17.1 Å². The van der Waals surface area contributed by atoms with Gasteiger partial charge in [0.05, 0.1) is 29.4 Å². The van der Waals surface area contributed by atoms with Crippen LogP contribution in [-0.2, 0) is 16.6 Å². The number of hydrogen-bond donors (Lipinski definition) is 3. The molecule has 3 heterocycles. The van der Waals surface area contributed by atoms with Gasteiger partial charge >= 0.3 is 5.97 Å². The average molecular weight is 579 g/mol. The Labute approximate surface area is 242 Å². The largest absolute Gasteiger partial charge is 0.490 e. The number of carbonyl (C=O) groups is 2. The van der Waals surface area contributed by atoms with Gasteiger partial charge in [-0.05, 0) is 69.2 Å². The number of nitrogens with one attached hydrogen (secondary N) is 2. The maximum Gasteiger partial charge on any atom is 0.339 e. The van der Waals surface area contributed by atoms with Crippen LogP contribution in [0.3, 0.4) is 0 Å². The van der Waals surface area contributed by atoms with Gasteiger partial charge in [-0.2, -0.15) is 0 Å². The Morgan fingerprint density at radius 3 is 2.63 bits per heavy atom. The summed E-state index contributed by atoms with van der Waals surface area (Å²) in [6.45, 7) is 8.17. The van der Waals surface area contributed by atoms with E-state index in [9.17, 15) is 19.5 Å². The minimum Gasteiger partial charge on any atom is -0.490 e. The number of rotatable bonds is 6. The van der Waals surface area contributed by atoms with Crippen molar-refractivity contribution in [2.24, 2.45) is 7.05 Å². The third-order valence-corrected chi connectivity index (χ3v) is 8.07. The van der Waals surface area contributed by atoms with Crippen LogP contribution in [0.15, 0.2) is 46.1 Å². The summed E-state index contributed by atoms with van der Waals surface area (Å²) in [6.07, 6.45) is -1.47. The second-order valence-corrected chi connectivity index (χ2v) is 12.2. The number of aromatic nitrogens is 1. The number of amides is 1. The summed E-state index contributed by atoms with van der Waals surface area (Å²) in [6, 6.07) is 11.1. The van der Waals surface area contributed by atoms with Gasteiger partial charge in [0.1, 0.15) is 17.9 Å². The fraction of sp³-hybridized carbons (Fsp3) is 0.367. The Balaban J connectivity index is 1.70. The lowest BCUT2D eigenvalue weighted by Crippen LogP contribution is -2.36. The number of thioether (sulfide) groups is 1. The number of nitrogens with zero attached hydrogens (tertiary/aromatic N) is 2. The molecule has 1 aromatic heterocycles. The fourth-order valence-electron chi connectivity index (χ4n) is 5.19. The molecule has 2 aliphatic heterocycles. The molecule has 0 saturated heterocycles. The molecule has 1 atom stereocenters. The molecule has 41 heavy (non-hydrogen) atoms. The van der Waals surface area contributed by atoms with Crippen molar-refractivity contribution in [2.75, 3.05) is 41.6 Å². The van der Waals surface area contributed by atoms with Crippen LogP contribution >= 0.6 is 11.8 Å². The van der Waals surface area contributed by atoms with Crippen LogP contribution in [0, 0.1) is 6.92 Å². The topological polar surface area (TPSA) is 122 Å². The second kappa shape index (κ2) is 10.8. The summed E-state index contributed by atoms with van der Waals surface area (Å²) >= 11 is 1.63. The molecule has 0 radical (unpaired) electrons. The molecule has 0 bridgehead atoms. The Bertz CT molecular complexity index is 1610. The highest BCUT2D eigenvalue weighted by Gasteiger charge is 2.35. The van der Waals surface area contributed by atoms with E-state index in [1.165, 1.54) is 11.6 Å². The van der Waals surface area contributed by atoms with Crippen LogP contribution < -0.4 is 25.8 Å². The van der Waals surface area contributed by atoms with Gasteiger partial charge in [0.25, 0.3) is 11.5 Å². The maximum atomic E-state index is 13.8. The van der Waals surface area contributed by atoms with Crippen molar-refractivity contribution in [1.82, 2.24) is 4.57 Å². The number of carbonyl (C=O) groups excluding carboxylic acids is 1. The predicted molar refractivity (Wildman–Crippen MR) is 161 cm³/mol. The number of carboxylic acid groups (broad SMARTS) is 1. The van der Waals surface area contributed by atoms with Gasteiger partial charge in [-0.3, -0.25) is 9.59 Å². The van der Waals surface area contributed by atoms with E-state index in [1.54, 1.807) is 45.5 Å². The van der Waals surface area contributed by atoms with E-state index in [-0.39, 0.29) is 11.3 Å². The van der Waals surface area contributed by atoms with E-state index < -0.39 is 29.1 Å². The minimum atomic E-state index is -1.47. The molecule has 3 N–H and O–H groups in total. The van der Waals surface area contributed by atoms with Crippen molar-refractivity contribution in [3.63, 3.8) is 0 Å². The molecular weight excluding hydrogens is 544 g/mol. The monoisotopic (exact) mass is 578 g/mol. The first-order chi connectivity index (χ1) is 19.4. The third-order valence-electron chi connectivity index (χ3n) is 7.13. The normalized spacial score (nSPS) is 14.9. The molecule has 1 amide bonds. The van der Waals surface area contributed by atoms with Crippen LogP contribution in [0.2, 0.25) is 0 Å². The van der Waals surface area contributed by atoms with Crippen molar-refractivity contribution in [3.05, 3.63) is 63.6 Å². The molecule has 0 aliphatic carbocycles. The lowest BCUT2D eigenvalue weighted by atomic mass is 9.91. The SMILES string of the molecule is Cc1c(-c2ccc3c(c2)N(C)CCO3)c([C@H](OC(C)(C)C)C(=O)O)n(C)c(=O)c1C(=O)Nc1ccc2c(c1)SCN2. The average Bonchev–Trinajstić information content (AvgIpc) is 3.37. The van der Waals surface area contributed by atoms with Gasteiger partial charge in [0.2, 0.25) is 0 Å². The molecule has 5 rings (SSSR count). The zero-order valence-corrected chi connectivity index (χ0v) is 24.8. The van der Waals surface area contributed by atoms with E-state index >= 15 is 0 Å². The number of benzene rings is 2. The highest BCUT2D eigenvalue weighted by atomic mass is 32.2. The Hall–Kier alpha value is -3.96. The number of ether oxygens (including phenoxy) is 2. The highest BCUT2D eigenvalue weighted by Crippen LogP contribution is 2.40. The predicted octanol–water partition coefficient (Wildman–Crippen LogP) is 4.86. The molecule has 2 aliphatic rings. The van der Waals surface area contributed by atoms with Crippen LogP contribution in [-0.4, -0.2) is 53.2 Å². The Morgan fingerprint density at radius 2 is 1.93 bits per heavy atom. The van der Waals surface area contributed by atoms with E-state index in [1.807, 2.05) is 42.3 Å². The summed E-state index contributed by atoms with van der Waals surface area (Å²) < 4.78 is 13.0. The van der Waals surface area contributed by atoms with E-state index in [2.05, 4.69) is 10.6 Å². The van der Waals surface area contributed by atoms with Crippen molar-refractivity contribution in [3.8, 4) is 16.9 Å². The van der Waals surface area contributed by atoms with Gasteiger partial charge in [-0.15, -0.1) is 11.8 Å². The molecule has 0 unspecified atom stereocenters. The van der Waals surface area contributed by atoms with Gasteiger partial charge in [-0.1, -0.05) is 6.07 Å². The van der Waals surface area contributed by atoms with Gasteiger partial charge in [-0.25, -0.2) is 4.79 Å². The van der Waals surface area contributed by atoms with Gasteiger partial charge in [0, 0.05) is 35.9 Å². The van der Waals surface area contributed by atoms with E-state index in [4.69, 9.17) is 9.47 Å². The third kappa shape index (κ3) is 5.51. The smallest absolute Gasteiger partial charge is 0.339 e. The number of likely N-dealkylation sites (N-methyl/N-ethyl adjacent to an activating group) is 1. The zero-order chi connectivity index (χ0) is 29.6. The fourth-order valence-corrected chi connectivity index (χ4v) is 6.08. The quantitative estimate of drug-likeness (QED) is 0.377. The summed E-state index contributed by atoms with van der Waals surface area (Å²) in [5.74, 6) is -0.363. The molecule has 11 heteroatoms. The summed E-state index contributed by atoms with van der Waals surface area (Å²) in [5.41, 5.74) is 2.48. The number of aliphatic carboxylic acids is 1. The second-order valence-electron chi connectivity index (χ2n) is 11.2. The molecule has 216 valence electrons. The highest BCUT2D eigenvalue weighted by molar-refractivity contribution is 7.99. The van der Waals surface area contributed by atoms with Crippen LogP contribution in [0.25, 0.3) is 11.1 Å². The summed E-state index contributed by atoms with van der Waals surface area (Å²) in [5, 5.41) is 16.4. The van der Waals surface area contributed by atoms with Crippen LogP contribution in [0.1, 0.15) is 48.5 Å². The van der Waals surface area contributed by atoms with Gasteiger partial charge in [0.15, 0.2) is 6.10 Å². The van der Waals surface area contributed by atoms with Crippen molar-refractivity contribution >= 4 is 40.7 Å². The van der Waals surface area contributed by atoms with E-state index in [0.717, 1.165) is 22.1 Å². The molecular formula is C30H34N4O6S. The van der Waals surface area contributed by atoms with E-state index in [0.29, 0.717) is 41.3 Å². The molecule has 0 spiro atoms. The minimum absolute atomic E-state index is 0.0697. The van der Waals surface area contributed by atoms with Crippen molar-refractivity contribution < 1.29 is 24.2 Å². The number of anilines is 3. The Kier molecular flexibility index (Phi) is 7.52. The first-order valence-electron chi connectivity index (χ1n) is 13.3. The van der Waals surface area contributed by atoms with Crippen molar-refractivity contribution in [1.29, 1.82) is 0 Å². The molecule has 0 saturated carbocycles. The summed E-state index contributed by atoms with van der Waals surface area (Å²) in [7, 11) is 3.43. The lowest BCUT2D eigenvalue weighted by Gasteiger charge is -2.31. The number of fused-ring (bicyclic) bond motifs is 2. The van der Waals surface area contributed by atoms with Gasteiger partial charge < -0.3 is 34.7 Å². The first kappa shape index (κ1) is 28.6. The molecule has 3 aromatic rings. The standard InChI is InChI=1S/C30H34N4O6S/c1-16-23(17-7-10-21-20(13-17)33(5)11-12-39-21)25(26(29(37)38)40-30(2,3)4)34(6)28(36)24(16)27(35)32-18-8-9-19-22(14-18)41-15-31-19/h7-10,13-14,26,31H,11-12,15H2,1-6H3,(H,32,35)(H,37,38)/t26-/m0/s1. The maximum absolute atomic E-state index is 13.8. The molecule has 10 nitrogen and oxygen atoms in total. The first-order valence-corrected chi connectivity index (χ1v) is 14.3. The van der Waals surface area contributed by atoms with Crippen molar-refractivity contribution in [2.45, 2.75) is 44.3 Å². The lowest BCUT2D eigenvalue weighted by molar-refractivity contribution is -0.161. The molecule has 2 aromatic carbocycles. The zero-order valence-electron chi connectivity index (χ0n) is 24.0. The number of carboxylic acids is 1.